The Morgan fingerprint density at radius 1 is 1.00 bits per heavy atom. The van der Waals surface area contributed by atoms with Crippen LogP contribution in [-0.2, 0) is 4.79 Å². The first kappa shape index (κ1) is 20.5. The lowest BCUT2D eigenvalue weighted by molar-refractivity contribution is -0.116. The summed E-state index contributed by atoms with van der Waals surface area (Å²) >= 11 is 0. The van der Waals surface area contributed by atoms with Crippen LogP contribution in [0.2, 0.25) is 0 Å². The topological polar surface area (TPSA) is 67.4 Å². The molecule has 5 heteroatoms. The average molecular weight is 368 g/mol. The molecule has 2 aromatic carbocycles. The van der Waals surface area contributed by atoms with E-state index in [1.165, 1.54) is 0 Å². The molecule has 0 aromatic heterocycles. The summed E-state index contributed by atoms with van der Waals surface area (Å²) in [5, 5.41) is 5.72. The SMILES string of the molecule is CCCCC(=O)Nc1cccc(NC(=O)c2cccc(O[C@@H](C)CC)c2)c1. The van der Waals surface area contributed by atoms with Crippen molar-refractivity contribution in [1.82, 2.24) is 0 Å². The minimum absolute atomic E-state index is 0.0183. The molecule has 144 valence electrons. The quantitative estimate of drug-likeness (QED) is 0.635. The monoisotopic (exact) mass is 368 g/mol. The Labute approximate surface area is 161 Å². The normalized spacial score (nSPS) is 11.5. The molecule has 0 unspecified atom stereocenters. The molecule has 0 radical (unpaired) electrons. The van der Waals surface area contributed by atoms with Crippen molar-refractivity contribution in [3.63, 3.8) is 0 Å². The zero-order chi connectivity index (χ0) is 19.6. The predicted octanol–water partition coefficient (Wildman–Crippen LogP) is 5.24. The van der Waals surface area contributed by atoms with Crippen LogP contribution in [0.4, 0.5) is 11.4 Å². The summed E-state index contributed by atoms with van der Waals surface area (Å²) in [5.74, 6) is 0.434. The number of nitrogens with one attached hydrogen (secondary N) is 2. The number of benzene rings is 2. The molecule has 2 amide bonds. The zero-order valence-electron chi connectivity index (χ0n) is 16.2. The van der Waals surface area contributed by atoms with Gasteiger partial charge in [0.25, 0.3) is 5.91 Å². The maximum Gasteiger partial charge on any atom is 0.255 e. The molecule has 2 rings (SSSR count). The van der Waals surface area contributed by atoms with E-state index in [0.717, 1.165) is 19.3 Å². The van der Waals surface area contributed by atoms with E-state index in [-0.39, 0.29) is 17.9 Å². The number of anilines is 2. The third-order valence-electron chi connectivity index (χ3n) is 4.17. The summed E-state index contributed by atoms with van der Waals surface area (Å²) in [6.07, 6.45) is 3.32. The van der Waals surface area contributed by atoms with Crippen molar-refractivity contribution >= 4 is 23.2 Å². The number of hydrogen-bond donors (Lipinski definition) is 2. The van der Waals surface area contributed by atoms with Crippen LogP contribution in [0.1, 0.15) is 56.8 Å². The second kappa shape index (κ2) is 10.4. The van der Waals surface area contributed by atoms with Crippen molar-refractivity contribution in [2.45, 2.75) is 52.6 Å². The zero-order valence-corrected chi connectivity index (χ0v) is 16.2. The van der Waals surface area contributed by atoms with Crippen molar-refractivity contribution in [2.24, 2.45) is 0 Å². The molecule has 0 saturated carbocycles. The lowest BCUT2D eigenvalue weighted by Crippen LogP contribution is -2.14. The maximum absolute atomic E-state index is 12.5. The van der Waals surface area contributed by atoms with Crippen molar-refractivity contribution in [3.8, 4) is 5.75 Å². The summed E-state index contributed by atoms with van der Waals surface area (Å²) in [7, 11) is 0. The summed E-state index contributed by atoms with van der Waals surface area (Å²) in [4.78, 5) is 24.4. The molecule has 1 atom stereocenters. The van der Waals surface area contributed by atoms with E-state index in [2.05, 4.69) is 17.6 Å². The molecule has 0 heterocycles. The van der Waals surface area contributed by atoms with Gasteiger partial charge in [-0.3, -0.25) is 9.59 Å². The largest absolute Gasteiger partial charge is 0.491 e. The highest BCUT2D eigenvalue weighted by atomic mass is 16.5. The summed E-state index contributed by atoms with van der Waals surface area (Å²) in [5.41, 5.74) is 1.82. The Morgan fingerprint density at radius 3 is 2.41 bits per heavy atom. The number of unbranched alkanes of at least 4 members (excludes halogenated alkanes) is 1. The lowest BCUT2D eigenvalue weighted by Gasteiger charge is -2.13. The number of rotatable bonds is 9. The Bertz CT molecular complexity index is 774. The molecular weight excluding hydrogens is 340 g/mol. The van der Waals surface area contributed by atoms with Gasteiger partial charge < -0.3 is 15.4 Å². The molecule has 0 spiro atoms. The minimum atomic E-state index is -0.223. The Morgan fingerprint density at radius 2 is 1.70 bits per heavy atom. The Hall–Kier alpha value is -2.82. The molecule has 5 nitrogen and oxygen atoms in total. The number of ether oxygens (including phenoxy) is 1. The number of amides is 2. The van der Waals surface area contributed by atoms with Gasteiger partial charge in [-0.25, -0.2) is 0 Å². The van der Waals surface area contributed by atoms with Gasteiger partial charge in [-0.15, -0.1) is 0 Å². The average Bonchev–Trinajstić information content (AvgIpc) is 2.66. The summed E-state index contributed by atoms with van der Waals surface area (Å²) in [6, 6.07) is 14.3. The molecule has 27 heavy (non-hydrogen) atoms. The van der Waals surface area contributed by atoms with Gasteiger partial charge in [0.15, 0.2) is 0 Å². The highest BCUT2D eigenvalue weighted by Gasteiger charge is 2.10. The van der Waals surface area contributed by atoms with Crippen LogP contribution >= 0.6 is 0 Å². The fourth-order valence-corrected chi connectivity index (χ4v) is 2.47. The maximum atomic E-state index is 12.5. The minimum Gasteiger partial charge on any atom is -0.491 e. The molecule has 0 saturated heterocycles. The Kier molecular flexibility index (Phi) is 7.86. The molecule has 0 aliphatic heterocycles. The van der Waals surface area contributed by atoms with Crippen LogP contribution in [0.5, 0.6) is 5.75 Å². The van der Waals surface area contributed by atoms with Crippen LogP contribution in [0, 0.1) is 0 Å². The van der Waals surface area contributed by atoms with Gasteiger partial charge in [-0.1, -0.05) is 32.4 Å². The van der Waals surface area contributed by atoms with Gasteiger partial charge in [0.05, 0.1) is 6.10 Å². The molecule has 0 fully saturated rings. The smallest absolute Gasteiger partial charge is 0.255 e. The van der Waals surface area contributed by atoms with Gasteiger partial charge in [-0.2, -0.15) is 0 Å². The number of carbonyl (C=O) groups is 2. The van der Waals surface area contributed by atoms with E-state index >= 15 is 0 Å². The second-order valence-corrected chi connectivity index (χ2v) is 6.55. The third kappa shape index (κ3) is 6.77. The molecule has 0 aliphatic rings. The van der Waals surface area contributed by atoms with Crippen molar-refractivity contribution in [3.05, 3.63) is 54.1 Å². The van der Waals surface area contributed by atoms with Crippen LogP contribution in [0.25, 0.3) is 0 Å². The molecular formula is C22H28N2O3. The first-order valence-electron chi connectivity index (χ1n) is 9.49. The van der Waals surface area contributed by atoms with E-state index in [1.807, 2.05) is 19.9 Å². The Balaban J connectivity index is 2.02. The van der Waals surface area contributed by atoms with Gasteiger partial charge in [0, 0.05) is 23.4 Å². The van der Waals surface area contributed by atoms with E-state index in [0.29, 0.717) is 29.1 Å². The van der Waals surface area contributed by atoms with E-state index in [9.17, 15) is 9.59 Å². The van der Waals surface area contributed by atoms with Crippen molar-refractivity contribution in [2.75, 3.05) is 10.6 Å². The first-order valence-corrected chi connectivity index (χ1v) is 9.49. The molecule has 0 bridgehead atoms. The molecule has 2 N–H and O–H groups in total. The first-order chi connectivity index (χ1) is 13.0. The van der Waals surface area contributed by atoms with Crippen molar-refractivity contribution in [1.29, 1.82) is 0 Å². The van der Waals surface area contributed by atoms with E-state index < -0.39 is 0 Å². The molecule has 2 aromatic rings. The third-order valence-corrected chi connectivity index (χ3v) is 4.17. The highest BCUT2D eigenvalue weighted by molar-refractivity contribution is 6.05. The number of carbonyl (C=O) groups excluding carboxylic acids is 2. The second-order valence-electron chi connectivity index (χ2n) is 6.55. The fraction of sp³-hybridized carbons (Fsp3) is 0.364. The van der Waals surface area contributed by atoms with Gasteiger partial charge in [-0.05, 0) is 56.2 Å². The highest BCUT2D eigenvalue weighted by Crippen LogP contribution is 2.19. The summed E-state index contributed by atoms with van der Waals surface area (Å²) < 4.78 is 5.77. The standard InChI is InChI=1S/C22H28N2O3/c1-4-6-13-21(25)23-18-10-8-11-19(15-18)24-22(26)17-9-7-12-20(14-17)27-16(3)5-2/h7-12,14-16H,4-6,13H2,1-3H3,(H,23,25)(H,24,26)/t16-/m0/s1. The molecule has 0 aliphatic carbocycles. The van der Waals surface area contributed by atoms with Gasteiger partial charge >= 0.3 is 0 Å². The summed E-state index contributed by atoms with van der Waals surface area (Å²) in [6.45, 7) is 6.09. The van der Waals surface area contributed by atoms with E-state index in [1.54, 1.807) is 42.5 Å². The van der Waals surface area contributed by atoms with Gasteiger partial charge in [0.1, 0.15) is 5.75 Å². The van der Waals surface area contributed by atoms with Crippen LogP contribution < -0.4 is 15.4 Å². The van der Waals surface area contributed by atoms with E-state index in [4.69, 9.17) is 4.74 Å². The van der Waals surface area contributed by atoms with Gasteiger partial charge in [0.2, 0.25) is 5.91 Å². The van der Waals surface area contributed by atoms with Crippen LogP contribution in [0.15, 0.2) is 48.5 Å². The lowest BCUT2D eigenvalue weighted by atomic mass is 10.2. The predicted molar refractivity (Wildman–Crippen MR) is 109 cm³/mol. The number of hydrogen-bond acceptors (Lipinski definition) is 3. The van der Waals surface area contributed by atoms with Crippen LogP contribution in [-0.4, -0.2) is 17.9 Å². The van der Waals surface area contributed by atoms with Crippen LogP contribution in [0.3, 0.4) is 0 Å². The fourth-order valence-electron chi connectivity index (χ4n) is 2.47. The van der Waals surface area contributed by atoms with Crippen molar-refractivity contribution < 1.29 is 14.3 Å².